The van der Waals surface area contributed by atoms with Gasteiger partial charge in [0.2, 0.25) is 11.8 Å². The molecule has 216 valence electrons. The van der Waals surface area contributed by atoms with E-state index < -0.39 is 35.1 Å². The van der Waals surface area contributed by atoms with Gasteiger partial charge in [-0.25, -0.2) is 4.79 Å². The maximum absolute atomic E-state index is 13.2. The van der Waals surface area contributed by atoms with E-state index in [1.807, 2.05) is 6.08 Å². The number of rotatable bonds is 24. The number of carboxylic acid groups (broad SMARTS) is 2. The van der Waals surface area contributed by atoms with Crippen LogP contribution in [0.2, 0.25) is 0 Å². The average Bonchev–Trinajstić information content (AvgIpc) is 3.19. The molecule has 0 aliphatic carbocycles. The van der Waals surface area contributed by atoms with Crippen LogP contribution in [-0.2, 0) is 14.4 Å². The largest absolute Gasteiger partial charge is 0.492 e. The smallest absolute Gasteiger partial charge is 0.350 e. The lowest BCUT2D eigenvalue weighted by Crippen LogP contribution is -2.44. The highest BCUT2D eigenvalue weighted by Crippen LogP contribution is 2.34. The molecule has 1 aromatic rings. The van der Waals surface area contributed by atoms with Crippen molar-refractivity contribution in [1.29, 1.82) is 0 Å². The van der Waals surface area contributed by atoms with Crippen molar-refractivity contribution in [3.05, 3.63) is 24.8 Å². The molecule has 0 fully saturated rings. The lowest BCUT2D eigenvalue weighted by atomic mass is 9.77. The van der Waals surface area contributed by atoms with E-state index in [9.17, 15) is 29.7 Å². The van der Waals surface area contributed by atoms with Crippen LogP contribution in [0.15, 0.2) is 24.8 Å². The zero-order valence-corrected chi connectivity index (χ0v) is 22.7. The summed E-state index contributed by atoms with van der Waals surface area (Å²) in [5.41, 5.74) is -1.76. The highest BCUT2D eigenvalue weighted by atomic mass is 16.7. The summed E-state index contributed by atoms with van der Waals surface area (Å²) >= 11 is 0. The number of carboxylic acids is 2. The van der Waals surface area contributed by atoms with Crippen molar-refractivity contribution >= 4 is 17.9 Å². The monoisotopic (exact) mass is 537 g/mol. The second kappa shape index (κ2) is 19.2. The van der Waals surface area contributed by atoms with Gasteiger partial charge in [-0.2, -0.15) is 0 Å². The second-order valence-corrected chi connectivity index (χ2v) is 10.1. The molecule has 9 nitrogen and oxygen atoms in total. The number of aliphatic carboxylic acids is 2. The molecule has 1 aromatic heterocycles. The fourth-order valence-corrected chi connectivity index (χ4v) is 4.66. The first-order valence-electron chi connectivity index (χ1n) is 14.1. The molecule has 0 bridgehead atoms. The van der Waals surface area contributed by atoms with Gasteiger partial charge < -0.3 is 25.3 Å². The Kier molecular flexibility index (Phi) is 16.7. The highest BCUT2D eigenvalue weighted by Gasteiger charge is 2.47. The fraction of sp³-hybridized carbons (Fsp3) is 0.690. The van der Waals surface area contributed by atoms with Crippen LogP contribution in [0.1, 0.15) is 122 Å². The second-order valence-electron chi connectivity index (χ2n) is 10.1. The van der Waals surface area contributed by atoms with E-state index in [1.165, 1.54) is 0 Å². The van der Waals surface area contributed by atoms with Crippen LogP contribution in [0.5, 0.6) is 11.8 Å². The number of aromatic hydroxyl groups is 2. The minimum Gasteiger partial charge on any atom is -0.492 e. The van der Waals surface area contributed by atoms with Gasteiger partial charge in [0.1, 0.15) is 0 Å². The Morgan fingerprint density at radius 2 is 1.16 bits per heavy atom. The predicted molar refractivity (Wildman–Crippen MR) is 145 cm³/mol. The van der Waals surface area contributed by atoms with Gasteiger partial charge in [0, 0.05) is 18.6 Å². The SMILES string of the molecule is C=CCCCCCCCCCC(CCCCCCCCCCC(=O)O)(C(=O)O)C(=O)On1c(O)ccc1O. The van der Waals surface area contributed by atoms with Gasteiger partial charge >= 0.3 is 17.9 Å². The van der Waals surface area contributed by atoms with Crippen molar-refractivity contribution in [2.45, 2.75) is 122 Å². The molecular formula is C29H47NO8. The Balaban J connectivity index is 2.62. The first-order valence-corrected chi connectivity index (χ1v) is 14.1. The lowest BCUT2D eigenvalue weighted by Gasteiger charge is -2.27. The number of aromatic nitrogens is 1. The summed E-state index contributed by atoms with van der Waals surface area (Å²) in [6, 6.07) is 2.31. The van der Waals surface area contributed by atoms with Crippen LogP contribution in [-0.4, -0.2) is 43.1 Å². The first kappa shape index (κ1) is 33.1. The number of hydrogen-bond donors (Lipinski definition) is 4. The molecule has 1 atom stereocenters. The van der Waals surface area contributed by atoms with Crippen molar-refractivity contribution in [2.75, 3.05) is 0 Å². The van der Waals surface area contributed by atoms with Gasteiger partial charge in [-0.1, -0.05) is 89.5 Å². The molecule has 0 aromatic carbocycles. The molecule has 1 unspecified atom stereocenters. The number of allylic oxidation sites excluding steroid dienone is 1. The quantitative estimate of drug-likeness (QED) is 0.0654. The third-order valence-corrected chi connectivity index (χ3v) is 7.03. The van der Waals surface area contributed by atoms with Crippen molar-refractivity contribution in [3.8, 4) is 11.8 Å². The van der Waals surface area contributed by atoms with Crippen molar-refractivity contribution in [1.82, 2.24) is 4.73 Å². The molecule has 0 aliphatic heterocycles. The maximum Gasteiger partial charge on any atom is 0.350 e. The molecular weight excluding hydrogens is 490 g/mol. The van der Waals surface area contributed by atoms with Gasteiger partial charge in [-0.15, -0.1) is 11.3 Å². The number of hydrogen-bond acceptors (Lipinski definition) is 6. The highest BCUT2D eigenvalue weighted by molar-refractivity contribution is 5.99. The van der Waals surface area contributed by atoms with Crippen LogP contribution < -0.4 is 4.84 Å². The van der Waals surface area contributed by atoms with E-state index in [0.29, 0.717) is 24.0 Å². The standard InChI is InChI=1S/C29H47NO8/c1-2-3-4-5-6-8-11-14-17-22-29(27(35)36,28(37)38-30-24(31)20-21-25(30)32)23-18-15-12-9-7-10-13-16-19-26(33)34/h2,20-21,31-32H,1,3-19,22-23H2,(H,33,34)(H,35,36). The van der Waals surface area contributed by atoms with Gasteiger partial charge in [0.05, 0.1) is 0 Å². The molecule has 9 heteroatoms. The van der Waals surface area contributed by atoms with Crippen LogP contribution >= 0.6 is 0 Å². The van der Waals surface area contributed by atoms with Gasteiger partial charge in [0.25, 0.3) is 0 Å². The third-order valence-electron chi connectivity index (χ3n) is 7.03. The molecule has 0 aliphatic rings. The van der Waals surface area contributed by atoms with Crippen LogP contribution in [0.4, 0.5) is 0 Å². The van der Waals surface area contributed by atoms with Crippen molar-refractivity contribution in [2.24, 2.45) is 5.41 Å². The Labute approximate surface area is 226 Å². The predicted octanol–water partition coefficient (Wildman–Crippen LogP) is 6.61. The summed E-state index contributed by atoms with van der Waals surface area (Å²) in [6.45, 7) is 3.73. The van der Waals surface area contributed by atoms with Crippen LogP contribution in [0.25, 0.3) is 0 Å². The van der Waals surface area contributed by atoms with E-state index in [4.69, 9.17) is 9.94 Å². The first-order chi connectivity index (χ1) is 18.2. The summed E-state index contributed by atoms with van der Waals surface area (Å²) in [6.07, 6.45) is 16.8. The third kappa shape index (κ3) is 12.5. The fourth-order valence-electron chi connectivity index (χ4n) is 4.66. The summed E-state index contributed by atoms with van der Waals surface area (Å²) in [5.74, 6) is -4.00. The molecule has 0 amide bonds. The Hall–Kier alpha value is -2.97. The zero-order valence-electron chi connectivity index (χ0n) is 22.7. The summed E-state index contributed by atoms with van der Waals surface area (Å²) in [7, 11) is 0. The van der Waals surface area contributed by atoms with E-state index in [0.717, 1.165) is 95.6 Å². The van der Waals surface area contributed by atoms with Gasteiger partial charge in [-0.3, -0.25) is 9.59 Å². The molecule has 0 saturated heterocycles. The molecule has 4 N–H and O–H groups in total. The molecule has 1 heterocycles. The Morgan fingerprint density at radius 3 is 1.58 bits per heavy atom. The van der Waals surface area contributed by atoms with E-state index in [1.54, 1.807) is 0 Å². The number of carbonyl (C=O) groups is 3. The zero-order chi connectivity index (χ0) is 28.2. The molecule has 0 spiro atoms. The Bertz CT molecular complexity index is 830. The van der Waals surface area contributed by atoms with Gasteiger partial charge in [-0.05, 0) is 32.1 Å². The lowest BCUT2D eigenvalue weighted by molar-refractivity contribution is -0.171. The minimum absolute atomic E-state index is 0.115. The maximum atomic E-state index is 13.2. The van der Waals surface area contributed by atoms with Crippen LogP contribution in [0, 0.1) is 5.41 Å². The number of carbonyl (C=O) groups excluding carboxylic acids is 1. The normalized spacial score (nSPS) is 12.6. The Morgan fingerprint density at radius 1 is 0.737 bits per heavy atom. The van der Waals surface area contributed by atoms with Crippen molar-refractivity contribution in [3.63, 3.8) is 0 Å². The summed E-state index contributed by atoms with van der Waals surface area (Å²) < 4.78 is 0.549. The van der Waals surface area contributed by atoms with Gasteiger partial charge in [0.15, 0.2) is 5.41 Å². The van der Waals surface area contributed by atoms with Crippen LogP contribution in [0.3, 0.4) is 0 Å². The number of unbranched alkanes of at least 4 members (excludes halogenated alkanes) is 14. The molecule has 38 heavy (non-hydrogen) atoms. The molecule has 0 radical (unpaired) electrons. The van der Waals surface area contributed by atoms with E-state index in [2.05, 4.69) is 6.58 Å². The summed E-state index contributed by atoms with van der Waals surface area (Å²) in [5, 5.41) is 38.6. The molecule has 0 saturated carbocycles. The minimum atomic E-state index is -1.76. The average molecular weight is 538 g/mol. The summed E-state index contributed by atoms with van der Waals surface area (Å²) in [4.78, 5) is 41.4. The van der Waals surface area contributed by atoms with Crippen molar-refractivity contribution < 1.29 is 39.6 Å². The molecule has 1 rings (SSSR count). The topological polar surface area (TPSA) is 146 Å². The number of nitrogens with zero attached hydrogens (tertiary/aromatic N) is 1. The van der Waals surface area contributed by atoms with E-state index in [-0.39, 0.29) is 19.3 Å². The van der Waals surface area contributed by atoms with E-state index >= 15 is 0 Å².